The van der Waals surface area contributed by atoms with E-state index in [2.05, 4.69) is 0 Å². The van der Waals surface area contributed by atoms with Gasteiger partial charge in [-0.1, -0.05) is 12.1 Å². The van der Waals surface area contributed by atoms with E-state index in [0.717, 1.165) is 12.2 Å². The van der Waals surface area contributed by atoms with Crippen LogP contribution in [0.3, 0.4) is 0 Å². The Kier molecular flexibility index (Phi) is 6.90. The molecule has 3 atom stereocenters. The first-order valence-corrected chi connectivity index (χ1v) is 8.47. The molecule has 2 rings (SSSR count). The van der Waals surface area contributed by atoms with E-state index in [1.165, 1.54) is 50.2 Å². The van der Waals surface area contributed by atoms with Crippen LogP contribution in [0.1, 0.15) is 22.3 Å². The van der Waals surface area contributed by atoms with Crippen LogP contribution >= 0.6 is 0 Å². The largest absolute Gasteiger partial charge is 0.509 e. The van der Waals surface area contributed by atoms with Crippen molar-refractivity contribution in [2.75, 3.05) is 0 Å². The molecule has 0 heterocycles. The summed E-state index contributed by atoms with van der Waals surface area (Å²) in [5.74, 6) is -2.22. The molecule has 5 N–H and O–H groups in total. The van der Waals surface area contributed by atoms with Gasteiger partial charge in [0.1, 0.15) is 41.5 Å². The predicted molar refractivity (Wildman–Crippen MR) is 102 cm³/mol. The number of aliphatic hydroxyl groups is 5. The number of benzene rings is 2. The van der Waals surface area contributed by atoms with Gasteiger partial charge in [0.15, 0.2) is 0 Å². The number of rotatable bonds is 6. The quantitative estimate of drug-likeness (QED) is 0.486. The summed E-state index contributed by atoms with van der Waals surface area (Å²) >= 11 is 0. The average molecular weight is 392 g/mol. The molecule has 28 heavy (non-hydrogen) atoms. The second-order valence-corrected chi connectivity index (χ2v) is 6.54. The minimum absolute atomic E-state index is 0.326. The highest BCUT2D eigenvalue weighted by atomic mass is 19.1. The summed E-state index contributed by atoms with van der Waals surface area (Å²) in [6.07, 6.45) is -3.55. The van der Waals surface area contributed by atoms with Gasteiger partial charge in [-0.25, -0.2) is 8.78 Å². The summed E-state index contributed by atoms with van der Waals surface area (Å²) in [7, 11) is 0. The van der Waals surface area contributed by atoms with Gasteiger partial charge in [-0.15, -0.1) is 0 Å². The lowest BCUT2D eigenvalue weighted by atomic mass is 10.0. The van der Waals surface area contributed by atoms with Crippen molar-refractivity contribution >= 4 is 12.2 Å². The fraction of sp³-hybridized carbons (Fsp3) is 0.238. The standard InChI is InChI=1S/C21H22F2O5/c1-11-7-13(3-5-15(11)22)9-17(24)19(26)21(28)20(27)18(25)10-14-4-6-16(23)12(2)8-14/h3-10,19-21,24-28H,1-2H3/t19-,20+,21+. The van der Waals surface area contributed by atoms with Crippen molar-refractivity contribution < 1.29 is 34.3 Å². The van der Waals surface area contributed by atoms with Gasteiger partial charge in [-0.3, -0.25) is 0 Å². The Hall–Kier alpha value is -2.74. The van der Waals surface area contributed by atoms with Gasteiger partial charge in [0.25, 0.3) is 0 Å². The molecule has 2 aromatic rings. The lowest BCUT2D eigenvalue weighted by Gasteiger charge is -2.22. The van der Waals surface area contributed by atoms with Crippen molar-refractivity contribution in [2.45, 2.75) is 32.2 Å². The van der Waals surface area contributed by atoms with Crippen LogP contribution in [-0.2, 0) is 0 Å². The van der Waals surface area contributed by atoms with Crippen molar-refractivity contribution in [3.05, 3.63) is 81.8 Å². The molecule has 0 radical (unpaired) electrons. The number of halogens is 2. The Bertz CT molecular complexity index is 834. The van der Waals surface area contributed by atoms with E-state index >= 15 is 0 Å². The van der Waals surface area contributed by atoms with Gasteiger partial charge in [0.2, 0.25) is 0 Å². The van der Waals surface area contributed by atoms with Crippen LogP contribution in [0.25, 0.3) is 12.2 Å². The van der Waals surface area contributed by atoms with Crippen molar-refractivity contribution in [1.29, 1.82) is 0 Å². The number of hydrogen-bond acceptors (Lipinski definition) is 5. The molecule has 0 saturated carbocycles. The summed E-state index contributed by atoms with van der Waals surface area (Å²) in [5, 5.41) is 50.1. The second-order valence-electron chi connectivity index (χ2n) is 6.54. The molecule has 0 bridgehead atoms. The number of hydrogen-bond donors (Lipinski definition) is 5. The van der Waals surface area contributed by atoms with E-state index in [1.807, 2.05) is 0 Å². The SMILES string of the molecule is Cc1cc(C=C(O)[C@@H](O)[C@H](O)[C@@H](O)C(O)=Cc2ccc(F)c(C)c2)ccc1F. The van der Waals surface area contributed by atoms with E-state index in [0.29, 0.717) is 22.3 Å². The summed E-state index contributed by atoms with van der Waals surface area (Å²) in [5.41, 5.74) is 1.40. The van der Waals surface area contributed by atoms with Crippen molar-refractivity contribution in [1.82, 2.24) is 0 Å². The summed E-state index contributed by atoms with van der Waals surface area (Å²) in [6, 6.07) is 7.95. The molecule has 0 aliphatic heterocycles. The van der Waals surface area contributed by atoms with Crippen molar-refractivity contribution in [3.8, 4) is 0 Å². The molecule has 0 spiro atoms. The Balaban J connectivity index is 2.16. The molecular formula is C21H22F2O5. The fourth-order valence-corrected chi connectivity index (χ4v) is 2.55. The maximum absolute atomic E-state index is 13.3. The normalized spacial score (nSPS) is 16.0. The molecule has 2 aromatic carbocycles. The fourth-order valence-electron chi connectivity index (χ4n) is 2.55. The molecule has 0 unspecified atom stereocenters. The van der Waals surface area contributed by atoms with Gasteiger partial charge >= 0.3 is 0 Å². The maximum atomic E-state index is 13.3. The molecule has 0 fully saturated rings. The Morgan fingerprint density at radius 2 is 1.11 bits per heavy atom. The lowest BCUT2D eigenvalue weighted by molar-refractivity contribution is -0.0540. The highest BCUT2D eigenvalue weighted by Gasteiger charge is 2.30. The Labute approximate surface area is 161 Å². The highest BCUT2D eigenvalue weighted by molar-refractivity contribution is 5.54. The van der Waals surface area contributed by atoms with E-state index in [9.17, 15) is 34.3 Å². The third-order valence-electron chi connectivity index (χ3n) is 4.25. The van der Waals surface area contributed by atoms with Crippen LogP contribution in [0.4, 0.5) is 8.78 Å². The van der Waals surface area contributed by atoms with Crippen LogP contribution < -0.4 is 0 Å². The van der Waals surface area contributed by atoms with E-state index in [-0.39, 0.29) is 0 Å². The molecule has 0 saturated heterocycles. The molecule has 5 nitrogen and oxygen atoms in total. The van der Waals surface area contributed by atoms with E-state index in [4.69, 9.17) is 0 Å². The van der Waals surface area contributed by atoms with Crippen LogP contribution in [0.2, 0.25) is 0 Å². The van der Waals surface area contributed by atoms with E-state index in [1.54, 1.807) is 0 Å². The second kappa shape index (κ2) is 8.97. The minimum Gasteiger partial charge on any atom is -0.509 e. The molecule has 0 aliphatic rings. The third-order valence-corrected chi connectivity index (χ3v) is 4.25. The Morgan fingerprint density at radius 1 is 0.750 bits per heavy atom. The van der Waals surface area contributed by atoms with Crippen LogP contribution in [0.5, 0.6) is 0 Å². The smallest absolute Gasteiger partial charge is 0.140 e. The molecule has 150 valence electrons. The van der Waals surface area contributed by atoms with Crippen molar-refractivity contribution in [2.24, 2.45) is 0 Å². The first kappa shape index (κ1) is 21.6. The van der Waals surface area contributed by atoms with Crippen LogP contribution in [0, 0.1) is 25.5 Å². The zero-order valence-electron chi connectivity index (χ0n) is 15.3. The first-order chi connectivity index (χ1) is 13.1. The molecule has 0 amide bonds. The molecule has 0 aliphatic carbocycles. The zero-order valence-corrected chi connectivity index (χ0v) is 15.3. The summed E-state index contributed by atoms with van der Waals surface area (Å²) in [6.45, 7) is 3.05. The molecule has 7 heteroatoms. The number of aliphatic hydroxyl groups excluding tert-OH is 5. The average Bonchev–Trinajstić information content (AvgIpc) is 2.65. The lowest BCUT2D eigenvalue weighted by Crippen LogP contribution is -2.39. The maximum Gasteiger partial charge on any atom is 0.140 e. The van der Waals surface area contributed by atoms with Crippen LogP contribution in [0.15, 0.2) is 47.9 Å². The van der Waals surface area contributed by atoms with Crippen LogP contribution in [-0.4, -0.2) is 43.8 Å². The zero-order chi connectivity index (χ0) is 21.0. The van der Waals surface area contributed by atoms with Gasteiger partial charge < -0.3 is 25.5 Å². The minimum atomic E-state index is -1.95. The van der Waals surface area contributed by atoms with Gasteiger partial charge in [0.05, 0.1) is 0 Å². The molecule has 0 aromatic heterocycles. The van der Waals surface area contributed by atoms with Gasteiger partial charge in [-0.05, 0) is 72.5 Å². The van der Waals surface area contributed by atoms with Gasteiger partial charge in [-0.2, -0.15) is 0 Å². The third kappa shape index (κ3) is 5.16. The number of aryl methyl sites for hydroxylation is 2. The summed E-state index contributed by atoms with van der Waals surface area (Å²) < 4.78 is 26.6. The first-order valence-electron chi connectivity index (χ1n) is 8.47. The predicted octanol–water partition coefficient (Wildman–Crippen LogP) is 3.16. The monoisotopic (exact) mass is 392 g/mol. The topological polar surface area (TPSA) is 101 Å². The van der Waals surface area contributed by atoms with Gasteiger partial charge in [0, 0.05) is 0 Å². The van der Waals surface area contributed by atoms with E-state index < -0.39 is 41.5 Å². The Morgan fingerprint density at radius 3 is 1.43 bits per heavy atom. The summed E-state index contributed by atoms with van der Waals surface area (Å²) in [4.78, 5) is 0. The highest BCUT2D eigenvalue weighted by Crippen LogP contribution is 2.19. The van der Waals surface area contributed by atoms with Crippen molar-refractivity contribution in [3.63, 3.8) is 0 Å². The molecular weight excluding hydrogens is 370 g/mol.